The molecule has 1 fully saturated rings. The van der Waals surface area contributed by atoms with Crippen molar-refractivity contribution in [3.05, 3.63) is 71.6 Å². The van der Waals surface area contributed by atoms with Gasteiger partial charge in [0.1, 0.15) is 5.82 Å². The van der Waals surface area contributed by atoms with Crippen molar-refractivity contribution in [3.8, 4) is 11.3 Å². The van der Waals surface area contributed by atoms with E-state index in [0.29, 0.717) is 18.8 Å². The van der Waals surface area contributed by atoms with Crippen molar-refractivity contribution in [1.29, 1.82) is 0 Å². The molecule has 1 saturated heterocycles. The first kappa shape index (κ1) is 17.9. The predicted molar refractivity (Wildman–Crippen MR) is 103 cm³/mol. The zero-order chi connectivity index (χ0) is 19.5. The van der Waals surface area contributed by atoms with Crippen LogP contribution in [0.15, 0.2) is 48.8 Å². The molecule has 7 heteroatoms. The summed E-state index contributed by atoms with van der Waals surface area (Å²) in [6.07, 6.45) is 5.47. The molecule has 1 aromatic carbocycles. The fraction of sp³-hybridized carbons (Fsp3) is 0.238. The van der Waals surface area contributed by atoms with E-state index in [0.717, 1.165) is 29.7 Å². The van der Waals surface area contributed by atoms with Crippen LogP contribution in [0, 0.1) is 18.3 Å². The highest BCUT2D eigenvalue weighted by molar-refractivity contribution is 5.95. The van der Waals surface area contributed by atoms with E-state index in [4.69, 9.17) is 6.57 Å². The molecule has 2 aromatic heterocycles. The van der Waals surface area contributed by atoms with Gasteiger partial charge in [0.25, 0.3) is 0 Å². The molecule has 1 aliphatic rings. The Kier molecular flexibility index (Phi) is 4.85. The van der Waals surface area contributed by atoms with Gasteiger partial charge in [-0.3, -0.25) is 19.8 Å². The van der Waals surface area contributed by atoms with Gasteiger partial charge in [-0.05, 0) is 43.0 Å². The van der Waals surface area contributed by atoms with Crippen molar-refractivity contribution in [2.75, 3.05) is 11.4 Å². The summed E-state index contributed by atoms with van der Waals surface area (Å²) in [5, 5.41) is 7.29. The van der Waals surface area contributed by atoms with Gasteiger partial charge in [-0.1, -0.05) is 12.1 Å². The minimum Gasteiger partial charge on any atom is -0.295 e. The number of nitrogens with zero attached hydrogens (tertiary/aromatic N) is 4. The molecule has 0 saturated carbocycles. The topological polar surface area (TPSA) is 66.2 Å². The second-order valence-electron chi connectivity index (χ2n) is 6.81. The molecule has 4 rings (SSSR count). The van der Waals surface area contributed by atoms with E-state index >= 15 is 0 Å². The van der Waals surface area contributed by atoms with Crippen molar-refractivity contribution in [2.45, 2.75) is 19.3 Å². The molecule has 0 bridgehead atoms. The van der Waals surface area contributed by atoms with Gasteiger partial charge < -0.3 is 0 Å². The lowest BCUT2D eigenvalue weighted by Gasteiger charge is -2.30. The van der Waals surface area contributed by atoms with Gasteiger partial charge in [-0.15, -0.1) is 0 Å². The predicted octanol–water partition coefficient (Wildman–Crippen LogP) is 4.15. The average molecular weight is 375 g/mol. The Labute approximate surface area is 161 Å². The molecule has 140 valence electrons. The van der Waals surface area contributed by atoms with Crippen LogP contribution in [0.1, 0.15) is 18.4 Å². The number of aromatic nitrogens is 3. The van der Waals surface area contributed by atoms with Crippen LogP contribution in [0.4, 0.5) is 15.9 Å². The van der Waals surface area contributed by atoms with Gasteiger partial charge >= 0.3 is 0 Å². The maximum absolute atomic E-state index is 13.9. The molecule has 1 atom stereocenters. The molecular formula is C21H18FN5O. The molecular weight excluding hydrogens is 357 g/mol. The average Bonchev–Trinajstić information content (AvgIpc) is 3.20. The fourth-order valence-corrected chi connectivity index (χ4v) is 3.55. The molecule has 3 heterocycles. The largest absolute Gasteiger partial charge is 0.295 e. The first-order valence-electron chi connectivity index (χ1n) is 9.09. The van der Waals surface area contributed by atoms with E-state index in [1.165, 1.54) is 12.1 Å². The molecule has 6 nitrogen and oxygen atoms in total. The summed E-state index contributed by atoms with van der Waals surface area (Å²) in [5.41, 5.74) is 2.50. The smallest absolute Gasteiger partial charge is 0.231 e. The molecule has 1 aliphatic heterocycles. The van der Waals surface area contributed by atoms with Gasteiger partial charge in [-0.2, -0.15) is 5.10 Å². The van der Waals surface area contributed by atoms with Crippen LogP contribution in [0.2, 0.25) is 0 Å². The number of aromatic amines is 1. The molecule has 1 amide bonds. The van der Waals surface area contributed by atoms with Crippen molar-refractivity contribution in [2.24, 2.45) is 5.92 Å². The maximum Gasteiger partial charge on any atom is 0.231 e. The van der Waals surface area contributed by atoms with Crippen LogP contribution in [0.5, 0.6) is 0 Å². The van der Waals surface area contributed by atoms with E-state index in [1.807, 2.05) is 18.2 Å². The molecule has 0 radical (unpaired) electrons. The highest BCUT2D eigenvalue weighted by Gasteiger charge is 2.31. The Morgan fingerprint density at radius 3 is 2.82 bits per heavy atom. The molecule has 0 aliphatic carbocycles. The Morgan fingerprint density at radius 1 is 1.25 bits per heavy atom. The quantitative estimate of drug-likeness (QED) is 0.697. The van der Waals surface area contributed by atoms with E-state index < -0.39 is 5.82 Å². The zero-order valence-electron chi connectivity index (χ0n) is 15.1. The minimum absolute atomic E-state index is 0.000473. The number of hydrogen-bond donors (Lipinski definition) is 1. The number of halogens is 1. The van der Waals surface area contributed by atoms with Crippen LogP contribution in [-0.4, -0.2) is 27.6 Å². The van der Waals surface area contributed by atoms with Crippen LogP contribution in [-0.2, 0) is 11.2 Å². The third-order valence-electron chi connectivity index (χ3n) is 5.00. The van der Waals surface area contributed by atoms with Crippen molar-refractivity contribution in [1.82, 2.24) is 15.2 Å². The molecule has 0 unspecified atom stereocenters. The summed E-state index contributed by atoms with van der Waals surface area (Å²) in [5.74, 6) is -0.181. The Hall–Kier alpha value is -3.53. The number of H-pyrrole nitrogens is 1. The second-order valence-corrected chi connectivity index (χ2v) is 6.81. The number of carbonyl (C=O) groups excluding carboxylic acids is 1. The lowest BCUT2D eigenvalue weighted by molar-refractivity contribution is -0.123. The number of pyridine rings is 1. The van der Waals surface area contributed by atoms with E-state index in [1.54, 1.807) is 23.4 Å². The van der Waals surface area contributed by atoms with Crippen molar-refractivity contribution >= 4 is 17.4 Å². The number of piperidine rings is 1. The van der Waals surface area contributed by atoms with Gasteiger partial charge in [0.15, 0.2) is 5.82 Å². The molecule has 3 aromatic rings. The Morgan fingerprint density at radius 2 is 2.07 bits per heavy atom. The van der Waals surface area contributed by atoms with Crippen molar-refractivity contribution < 1.29 is 9.18 Å². The van der Waals surface area contributed by atoms with Crippen LogP contribution >= 0.6 is 0 Å². The first-order chi connectivity index (χ1) is 13.7. The summed E-state index contributed by atoms with van der Waals surface area (Å²) >= 11 is 0. The third-order valence-corrected chi connectivity index (χ3v) is 5.00. The second kappa shape index (κ2) is 7.61. The number of carbonyl (C=O) groups is 1. The Balaban J connectivity index is 1.51. The minimum atomic E-state index is -0.540. The molecule has 28 heavy (non-hydrogen) atoms. The monoisotopic (exact) mass is 375 g/mol. The highest BCUT2D eigenvalue weighted by atomic mass is 19.1. The number of amides is 1. The summed E-state index contributed by atoms with van der Waals surface area (Å²) < 4.78 is 13.9. The summed E-state index contributed by atoms with van der Waals surface area (Å²) in [6.45, 7) is 7.55. The standard InChI is InChI=1S/C21H18FN5O/c1-23-18-5-4-14(12-17(18)22)11-16-3-2-10-27(21(16)28)20-13-19(25-26-20)15-6-8-24-9-7-15/h4-9,12-13,16H,2-3,10-11H2,(H,25,26)/t16-/m0/s1. The van der Waals surface area contributed by atoms with Crippen LogP contribution in [0.25, 0.3) is 16.1 Å². The number of anilines is 1. The summed E-state index contributed by atoms with van der Waals surface area (Å²) in [7, 11) is 0. The van der Waals surface area contributed by atoms with E-state index in [9.17, 15) is 9.18 Å². The summed E-state index contributed by atoms with van der Waals surface area (Å²) in [4.78, 5) is 21.8. The van der Waals surface area contributed by atoms with E-state index in [2.05, 4.69) is 20.0 Å². The van der Waals surface area contributed by atoms with E-state index in [-0.39, 0.29) is 17.5 Å². The lowest BCUT2D eigenvalue weighted by atomic mass is 9.90. The first-order valence-corrected chi connectivity index (χ1v) is 9.09. The van der Waals surface area contributed by atoms with Gasteiger partial charge in [0, 0.05) is 36.5 Å². The SMILES string of the molecule is [C-]#[N+]c1ccc(C[C@@H]2CCCN(c3cc(-c4ccncc4)[nH]n3)C2=O)cc1F. The lowest BCUT2D eigenvalue weighted by Crippen LogP contribution is -2.42. The highest BCUT2D eigenvalue weighted by Crippen LogP contribution is 2.29. The summed E-state index contributed by atoms with van der Waals surface area (Å²) in [6, 6.07) is 10.2. The maximum atomic E-state index is 13.9. The normalized spacial score (nSPS) is 16.8. The van der Waals surface area contributed by atoms with Crippen molar-refractivity contribution in [3.63, 3.8) is 0 Å². The number of nitrogens with one attached hydrogen (secondary N) is 1. The number of rotatable bonds is 4. The van der Waals surface area contributed by atoms with Gasteiger partial charge in [0.2, 0.25) is 11.6 Å². The van der Waals surface area contributed by atoms with Crippen LogP contribution < -0.4 is 4.90 Å². The van der Waals surface area contributed by atoms with Crippen LogP contribution in [0.3, 0.4) is 0 Å². The number of benzene rings is 1. The fourth-order valence-electron chi connectivity index (χ4n) is 3.55. The van der Waals surface area contributed by atoms with Gasteiger partial charge in [-0.25, -0.2) is 9.24 Å². The molecule has 0 spiro atoms. The number of hydrogen-bond acceptors (Lipinski definition) is 3. The third kappa shape index (κ3) is 3.49. The zero-order valence-corrected chi connectivity index (χ0v) is 15.1. The molecule has 1 N–H and O–H groups in total. The van der Waals surface area contributed by atoms with Gasteiger partial charge in [0.05, 0.1) is 12.3 Å². The Bertz CT molecular complexity index is 1040.